The average Bonchev–Trinajstić information content (AvgIpc) is 2.70. The Morgan fingerprint density at radius 3 is 2.66 bits per heavy atom. The van der Waals surface area contributed by atoms with Crippen molar-refractivity contribution in [1.82, 2.24) is 15.1 Å². The minimum atomic E-state index is -0.413. The number of amides is 2. The van der Waals surface area contributed by atoms with E-state index in [-0.39, 0.29) is 18.4 Å². The molecule has 1 aromatic heterocycles. The maximum absolute atomic E-state index is 12.4. The van der Waals surface area contributed by atoms with Gasteiger partial charge in [-0.05, 0) is 31.0 Å². The van der Waals surface area contributed by atoms with Crippen molar-refractivity contribution >= 4 is 22.8 Å². The fourth-order valence-corrected chi connectivity index (χ4v) is 3.31. The second-order valence-electron chi connectivity index (χ2n) is 7.20. The third-order valence-corrected chi connectivity index (χ3v) is 4.95. The van der Waals surface area contributed by atoms with Crippen molar-refractivity contribution in [3.63, 3.8) is 0 Å². The first kappa shape index (κ1) is 20.9. The van der Waals surface area contributed by atoms with Gasteiger partial charge in [-0.1, -0.05) is 6.92 Å². The first-order valence-corrected chi connectivity index (χ1v) is 9.90. The number of piperazine rings is 1. The number of aryl methyl sites for hydroxylation is 1. The lowest BCUT2D eigenvalue weighted by molar-refractivity contribution is -0.135. The first-order valence-electron chi connectivity index (χ1n) is 9.90. The molecule has 1 fully saturated rings. The SMILES string of the molecule is CCCNC(=O)CN1CCN(C(=O)COc2ccc3c(C)cc(=O)oc3c2)CC1. The molecule has 8 nitrogen and oxygen atoms in total. The van der Waals surface area contributed by atoms with E-state index in [1.807, 2.05) is 24.8 Å². The van der Waals surface area contributed by atoms with Gasteiger partial charge < -0.3 is 19.4 Å². The predicted octanol–water partition coefficient (Wildman–Crippen LogP) is 1.15. The lowest BCUT2D eigenvalue weighted by Gasteiger charge is -2.34. The Bertz CT molecular complexity index is 932. The highest BCUT2D eigenvalue weighted by Crippen LogP contribution is 2.22. The highest BCUT2D eigenvalue weighted by molar-refractivity contribution is 5.82. The zero-order chi connectivity index (χ0) is 20.8. The summed E-state index contributed by atoms with van der Waals surface area (Å²) in [6, 6.07) is 6.65. The van der Waals surface area contributed by atoms with Crippen molar-refractivity contribution in [3.05, 3.63) is 40.2 Å². The largest absolute Gasteiger partial charge is 0.484 e. The minimum absolute atomic E-state index is 0.0214. The number of hydrogen-bond acceptors (Lipinski definition) is 6. The van der Waals surface area contributed by atoms with Crippen LogP contribution in [0.2, 0.25) is 0 Å². The summed E-state index contributed by atoms with van der Waals surface area (Å²) in [5, 5.41) is 3.70. The number of carbonyl (C=O) groups is 2. The Morgan fingerprint density at radius 2 is 1.93 bits per heavy atom. The molecule has 2 amide bonds. The van der Waals surface area contributed by atoms with Crippen LogP contribution in [0.1, 0.15) is 18.9 Å². The molecule has 1 saturated heterocycles. The predicted molar refractivity (Wildman–Crippen MR) is 109 cm³/mol. The van der Waals surface area contributed by atoms with Crippen molar-refractivity contribution in [2.75, 3.05) is 45.9 Å². The van der Waals surface area contributed by atoms with Crippen LogP contribution in [0.25, 0.3) is 11.0 Å². The number of nitrogens with one attached hydrogen (secondary N) is 1. The molecule has 3 rings (SSSR count). The number of benzene rings is 1. The molecule has 0 unspecified atom stereocenters. The van der Waals surface area contributed by atoms with E-state index < -0.39 is 5.63 Å². The second kappa shape index (κ2) is 9.56. The van der Waals surface area contributed by atoms with E-state index in [4.69, 9.17) is 9.15 Å². The van der Waals surface area contributed by atoms with Crippen molar-refractivity contribution < 1.29 is 18.7 Å². The van der Waals surface area contributed by atoms with E-state index in [9.17, 15) is 14.4 Å². The molecular weight excluding hydrogens is 374 g/mol. The molecule has 1 aliphatic heterocycles. The molecule has 0 radical (unpaired) electrons. The number of ether oxygens (including phenoxy) is 1. The van der Waals surface area contributed by atoms with Gasteiger partial charge in [0.1, 0.15) is 11.3 Å². The molecular formula is C21H27N3O5. The molecule has 0 bridgehead atoms. The summed E-state index contributed by atoms with van der Waals surface area (Å²) in [4.78, 5) is 39.6. The molecule has 0 spiro atoms. The van der Waals surface area contributed by atoms with E-state index >= 15 is 0 Å². The van der Waals surface area contributed by atoms with Crippen LogP contribution in [0.3, 0.4) is 0 Å². The fraction of sp³-hybridized carbons (Fsp3) is 0.476. The number of carbonyl (C=O) groups excluding carboxylic acids is 2. The number of fused-ring (bicyclic) bond motifs is 1. The van der Waals surface area contributed by atoms with Crippen LogP contribution in [0.5, 0.6) is 5.75 Å². The smallest absolute Gasteiger partial charge is 0.336 e. The van der Waals surface area contributed by atoms with E-state index in [1.165, 1.54) is 6.07 Å². The summed E-state index contributed by atoms with van der Waals surface area (Å²) in [5.41, 5.74) is 0.861. The quantitative estimate of drug-likeness (QED) is 0.700. The van der Waals surface area contributed by atoms with Crippen LogP contribution in [0.15, 0.2) is 33.5 Å². The maximum atomic E-state index is 12.4. The molecule has 0 saturated carbocycles. The highest BCUT2D eigenvalue weighted by Gasteiger charge is 2.22. The Morgan fingerprint density at radius 1 is 1.17 bits per heavy atom. The molecule has 0 atom stereocenters. The highest BCUT2D eigenvalue weighted by atomic mass is 16.5. The summed E-state index contributed by atoms with van der Waals surface area (Å²) in [6.07, 6.45) is 0.914. The minimum Gasteiger partial charge on any atom is -0.484 e. The monoisotopic (exact) mass is 401 g/mol. The average molecular weight is 401 g/mol. The van der Waals surface area contributed by atoms with E-state index in [0.717, 1.165) is 17.4 Å². The van der Waals surface area contributed by atoms with Crippen LogP contribution in [-0.2, 0) is 9.59 Å². The zero-order valence-electron chi connectivity index (χ0n) is 16.9. The summed E-state index contributed by atoms with van der Waals surface area (Å²) >= 11 is 0. The van der Waals surface area contributed by atoms with E-state index in [0.29, 0.717) is 50.6 Å². The third-order valence-electron chi connectivity index (χ3n) is 4.95. The van der Waals surface area contributed by atoms with Crippen LogP contribution >= 0.6 is 0 Å². The maximum Gasteiger partial charge on any atom is 0.336 e. The zero-order valence-corrected chi connectivity index (χ0v) is 16.9. The Balaban J connectivity index is 1.48. The number of nitrogens with zero attached hydrogens (tertiary/aromatic N) is 2. The lowest BCUT2D eigenvalue weighted by atomic mass is 10.1. The van der Waals surface area contributed by atoms with Crippen LogP contribution in [0.4, 0.5) is 0 Å². The molecule has 0 aliphatic carbocycles. The molecule has 1 N–H and O–H groups in total. The van der Waals surface area contributed by atoms with Gasteiger partial charge in [-0.25, -0.2) is 4.79 Å². The lowest BCUT2D eigenvalue weighted by Crippen LogP contribution is -2.52. The topological polar surface area (TPSA) is 92.1 Å². The van der Waals surface area contributed by atoms with E-state index in [1.54, 1.807) is 17.0 Å². The normalized spacial score (nSPS) is 14.8. The third kappa shape index (κ3) is 5.57. The number of hydrogen-bond donors (Lipinski definition) is 1. The van der Waals surface area contributed by atoms with Gasteiger partial charge in [0, 0.05) is 50.2 Å². The van der Waals surface area contributed by atoms with Gasteiger partial charge in [-0.2, -0.15) is 0 Å². The fourth-order valence-electron chi connectivity index (χ4n) is 3.31. The molecule has 8 heteroatoms. The van der Waals surface area contributed by atoms with Crippen LogP contribution < -0.4 is 15.7 Å². The van der Waals surface area contributed by atoms with Crippen molar-refractivity contribution in [2.45, 2.75) is 20.3 Å². The van der Waals surface area contributed by atoms with Crippen LogP contribution in [0, 0.1) is 6.92 Å². The van der Waals surface area contributed by atoms with Crippen molar-refractivity contribution in [1.29, 1.82) is 0 Å². The molecule has 29 heavy (non-hydrogen) atoms. The molecule has 1 aromatic carbocycles. The van der Waals surface area contributed by atoms with Gasteiger partial charge in [0.15, 0.2) is 6.61 Å². The van der Waals surface area contributed by atoms with Crippen molar-refractivity contribution in [3.8, 4) is 5.75 Å². The Kier molecular flexibility index (Phi) is 6.87. The molecule has 2 aromatic rings. The summed E-state index contributed by atoms with van der Waals surface area (Å²) in [6.45, 7) is 7.27. The van der Waals surface area contributed by atoms with Gasteiger partial charge in [0.05, 0.1) is 6.54 Å². The molecule has 156 valence electrons. The molecule has 2 heterocycles. The standard InChI is InChI=1S/C21H27N3O5/c1-3-6-22-19(25)13-23-7-9-24(10-8-23)20(26)14-28-16-4-5-17-15(2)11-21(27)29-18(17)12-16/h4-5,11-12H,3,6-10,13-14H2,1-2H3,(H,22,25). The number of rotatable bonds is 7. The summed E-state index contributed by atoms with van der Waals surface area (Å²) in [5.74, 6) is 0.393. The van der Waals surface area contributed by atoms with Crippen molar-refractivity contribution in [2.24, 2.45) is 0 Å². The Hall–Kier alpha value is -2.87. The van der Waals surface area contributed by atoms with Gasteiger partial charge in [0.25, 0.3) is 5.91 Å². The van der Waals surface area contributed by atoms with E-state index in [2.05, 4.69) is 5.32 Å². The van der Waals surface area contributed by atoms with Gasteiger partial charge >= 0.3 is 5.63 Å². The summed E-state index contributed by atoms with van der Waals surface area (Å²) < 4.78 is 10.8. The van der Waals surface area contributed by atoms with Crippen LogP contribution in [-0.4, -0.2) is 67.5 Å². The Labute approximate surface area is 169 Å². The first-order chi connectivity index (χ1) is 14.0. The van der Waals surface area contributed by atoms with Gasteiger partial charge in [-0.3, -0.25) is 14.5 Å². The summed E-state index contributed by atoms with van der Waals surface area (Å²) in [7, 11) is 0. The second-order valence-corrected chi connectivity index (χ2v) is 7.20. The molecule has 1 aliphatic rings. The van der Waals surface area contributed by atoms with Gasteiger partial charge in [-0.15, -0.1) is 0 Å². The van der Waals surface area contributed by atoms with Gasteiger partial charge in [0.2, 0.25) is 5.91 Å².